The summed E-state index contributed by atoms with van der Waals surface area (Å²) in [6.07, 6.45) is -4.87. The summed E-state index contributed by atoms with van der Waals surface area (Å²) in [5, 5.41) is 2.58. The van der Waals surface area contributed by atoms with Crippen LogP contribution in [0.4, 0.5) is 18.9 Å². The molecule has 0 aliphatic rings. The molecular formula is C17H17F3N2O5S. The number of alkyl halides is 3. The molecule has 2 aromatic rings. The number of benzene rings is 2. The molecule has 0 spiro atoms. The minimum absolute atomic E-state index is 0.0184. The first-order chi connectivity index (χ1) is 13.0. The Kier molecular flexibility index (Phi) is 6.65. The fourth-order valence-corrected chi connectivity index (χ4v) is 3.13. The van der Waals surface area contributed by atoms with E-state index >= 15 is 0 Å². The van der Waals surface area contributed by atoms with Gasteiger partial charge in [0.25, 0.3) is 10.0 Å². The van der Waals surface area contributed by atoms with Gasteiger partial charge in [0.05, 0.1) is 18.4 Å². The third-order valence-corrected chi connectivity index (χ3v) is 5.25. The maximum Gasteiger partial charge on any atom is 0.573 e. The highest BCUT2D eigenvalue weighted by molar-refractivity contribution is 7.89. The number of ether oxygens (including phenoxy) is 1. The Morgan fingerprint density at radius 3 is 2.14 bits per heavy atom. The fraction of sp³-hybridized carbons (Fsp3) is 0.235. The van der Waals surface area contributed by atoms with Crippen molar-refractivity contribution in [1.29, 1.82) is 0 Å². The van der Waals surface area contributed by atoms with Crippen LogP contribution in [-0.2, 0) is 26.1 Å². The van der Waals surface area contributed by atoms with Crippen LogP contribution in [0.5, 0.6) is 5.75 Å². The van der Waals surface area contributed by atoms with Gasteiger partial charge in [-0.15, -0.1) is 13.2 Å². The van der Waals surface area contributed by atoms with Crippen molar-refractivity contribution in [2.75, 3.05) is 19.5 Å². The van der Waals surface area contributed by atoms with Crippen LogP contribution in [0, 0.1) is 0 Å². The molecule has 1 amide bonds. The lowest BCUT2D eigenvalue weighted by Gasteiger charge is -2.14. The Bertz CT molecular complexity index is 913. The maximum atomic E-state index is 12.1. The molecule has 0 aliphatic heterocycles. The number of nitrogens with one attached hydrogen (secondary N) is 1. The number of nitrogens with zero attached hydrogens (tertiary/aromatic N) is 1. The van der Waals surface area contributed by atoms with Crippen molar-refractivity contribution in [3.8, 4) is 5.75 Å². The number of hydroxylamine groups is 1. The highest BCUT2D eigenvalue weighted by Crippen LogP contribution is 2.23. The third kappa shape index (κ3) is 5.94. The van der Waals surface area contributed by atoms with Gasteiger partial charge < -0.3 is 10.1 Å². The zero-order valence-corrected chi connectivity index (χ0v) is 15.7. The van der Waals surface area contributed by atoms with Crippen LogP contribution >= 0.6 is 0 Å². The van der Waals surface area contributed by atoms with E-state index in [1.165, 1.54) is 50.6 Å². The number of carbonyl (C=O) groups is 1. The Morgan fingerprint density at radius 1 is 1.07 bits per heavy atom. The molecule has 2 aromatic carbocycles. The molecule has 2 rings (SSSR count). The van der Waals surface area contributed by atoms with Crippen molar-refractivity contribution in [2.24, 2.45) is 0 Å². The highest BCUT2D eigenvalue weighted by atomic mass is 32.2. The highest BCUT2D eigenvalue weighted by Gasteiger charge is 2.31. The molecular weight excluding hydrogens is 401 g/mol. The standard InChI is InChI=1S/C17H17F3N2O5S/c1-22(26-2)28(24,25)15-9-5-13(6-10-15)21-16(23)11-12-3-7-14(8-4-12)27-17(18,19)20/h3-10H,11H2,1-2H3,(H,21,23). The molecule has 0 fully saturated rings. The number of hydrogen-bond acceptors (Lipinski definition) is 5. The van der Waals surface area contributed by atoms with E-state index in [4.69, 9.17) is 0 Å². The second kappa shape index (κ2) is 8.59. The van der Waals surface area contributed by atoms with Crippen LogP contribution in [0.2, 0.25) is 0 Å². The minimum Gasteiger partial charge on any atom is -0.406 e. The molecule has 0 saturated carbocycles. The number of hydrogen-bond donors (Lipinski definition) is 1. The molecule has 0 unspecified atom stereocenters. The van der Waals surface area contributed by atoms with Gasteiger partial charge in [-0.2, -0.15) is 0 Å². The molecule has 0 radical (unpaired) electrons. The van der Waals surface area contributed by atoms with Crippen molar-refractivity contribution in [3.05, 3.63) is 54.1 Å². The zero-order valence-electron chi connectivity index (χ0n) is 14.9. The first-order valence-electron chi connectivity index (χ1n) is 7.79. The van der Waals surface area contributed by atoms with Crippen molar-refractivity contribution >= 4 is 21.6 Å². The first-order valence-corrected chi connectivity index (χ1v) is 9.23. The number of amides is 1. The largest absolute Gasteiger partial charge is 0.573 e. The van der Waals surface area contributed by atoms with E-state index < -0.39 is 22.3 Å². The van der Waals surface area contributed by atoms with E-state index in [1.54, 1.807) is 0 Å². The van der Waals surface area contributed by atoms with Gasteiger partial charge in [-0.25, -0.2) is 8.42 Å². The molecule has 0 aromatic heterocycles. The van der Waals surface area contributed by atoms with E-state index in [1.807, 2.05) is 0 Å². The van der Waals surface area contributed by atoms with Crippen molar-refractivity contribution in [1.82, 2.24) is 4.47 Å². The number of halogens is 3. The van der Waals surface area contributed by atoms with Gasteiger partial charge >= 0.3 is 6.36 Å². The lowest BCUT2D eigenvalue weighted by atomic mass is 10.1. The van der Waals surface area contributed by atoms with Crippen LogP contribution < -0.4 is 10.1 Å². The van der Waals surface area contributed by atoms with Crippen LogP contribution in [0.3, 0.4) is 0 Å². The second-order valence-electron chi connectivity index (χ2n) is 5.54. The van der Waals surface area contributed by atoms with Gasteiger partial charge in [0, 0.05) is 12.7 Å². The summed E-state index contributed by atoms with van der Waals surface area (Å²) in [4.78, 5) is 16.7. The predicted octanol–water partition coefficient (Wildman–Crippen LogP) is 2.95. The summed E-state index contributed by atoms with van der Waals surface area (Å²) in [6.45, 7) is 0. The van der Waals surface area contributed by atoms with Crippen LogP contribution in [0.25, 0.3) is 0 Å². The van der Waals surface area contributed by atoms with Crippen molar-refractivity contribution < 1.29 is 36.0 Å². The SMILES string of the molecule is CON(C)S(=O)(=O)c1ccc(NC(=O)Cc2ccc(OC(F)(F)F)cc2)cc1. The summed E-state index contributed by atoms with van der Waals surface area (Å²) in [5.41, 5.74) is 0.842. The van der Waals surface area contributed by atoms with Gasteiger partial charge in [-0.3, -0.25) is 9.63 Å². The smallest absolute Gasteiger partial charge is 0.406 e. The van der Waals surface area contributed by atoms with Crippen LogP contribution in [0.15, 0.2) is 53.4 Å². The molecule has 0 heterocycles. The Hall–Kier alpha value is -2.63. The molecule has 0 saturated heterocycles. The summed E-state index contributed by atoms with van der Waals surface area (Å²) >= 11 is 0. The fourth-order valence-electron chi connectivity index (χ4n) is 2.16. The van der Waals surface area contributed by atoms with E-state index in [0.717, 1.165) is 12.1 Å². The maximum absolute atomic E-state index is 12.1. The Balaban J connectivity index is 1.98. The van der Waals surface area contributed by atoms with Gasteiger partial charge in [0.1, 0.15) is 5.75 Å². The molecule has 11 heteroatoms. The lowest BCUT2D eigenvalue weighted by Crippen LogP contribution is -2.25. The minimum atomic E-state index is -4.78. The molecule has 152 valence electrons. The van der Waals surface area contributed by atoms with E-state index in [0.29, 0.717) is 15.7 Å². The number of sulfonamides is 1. The normalized spacial score (nSPS) is 12.1. The predicted molar refractivity (Wildman–Crippen MR) is 93.9 cm³/mol. The molecule has 28 heavy (non-hydrogen) atoms. The number of rotatable bonds is 7. The molecule has 7 nitrogen and oxygen atoms in total. The number of carbonyl (C=O) groups excluding carboxylic acids is 1. The summed E-state index contributed by atoms with van der Waals surface area (Å²) in [6, 6.07) is 10.4. The Morgan fingerprint density at radius 2 is 1.64 bits per heavy atom. The van der Waals surface area contributed by atoms with Gasteiger partial charge in [-0.05, 0) is 42.0 Å². The van der Waals surface area contributed by atoms with E-state index in [9.17, 15) is 26.4 Å². The molecule has 1 N–H and O–H groups in total. The quantitative estimate of drug-likeness (QED) is 0.699. The van der Waals surface area contributed by atoms with Crippen molar-refractivity contribution in [2.45, 2.75) is 17.7 Å². The molecule has 0 aliphatic carbocycles. The molecule has 0 bridgehead atoms. The monoisotopic (exact) mass is 418 g/mol. The van der Waals surface area contributed by atoms with Crippen molar-refractivity contribution in [3.63, 3.8) is 0 Å². The average Bonchev–Trinajstić information content (AvgIpc) is 2.61. The lowest BCUT2D eigenvalue weighted by molar-refractivity contribution is -0.274. The first kappa shape index (κ1) is 21.7. The summed E-state index contributed by atoms with van der Waals surface area (Å²) < 4.78 is 65.0. The summed E-state index contributed by atoms with van der Waals surface area (Å²) in [7, 11) is -1.33. The average molecular weight is 418 g/mol. The van der Waals surface area contributed by atoms with E-state index in [2.05, 4.69) is 14.9 Å². The zero-order chi connectivity index (χ0) is 20.9. The van der Waals surface area contributed by atoms with Crippen LogP contribution in [-0.4, -0.2) is 39.3 Å². The second-order valence-corrected chi connectivity index (χ2v) is 7.47. The van der Waals surface area contributed by atoms with Crippen LogP contribution in [0.1, 0.15) is 5.56 Å². The topological polar surface area (TPSA) is 84.9 Å². The Labute approximate surface area is 159 Å². The third-order valence-electron chi connectivity index (χ3n) is 3.55. The van der Waals surface area contributed by atoms with E-state index in [-0.39, 0.29) is 17.1 Å². The summed E-state index contributed by atoms with van der Waals surface area (Å²) in [5.74, 6) is -0.802. The van der Waals surface area contributed by atoms with Gasteiger partial charge in [0.2, 0.25) is 5.91 Å². The number of anilines is 1. The molecule has 0 atom stereocenters. The van der Waals surface area contributed by atoms with Gasteiger partial charge in [0.15, 0.2) is 0 Å². The van der Waals surface area contributed by atoms with Gasteiger partial charge in [-0.1, -0.05) is 16.6 Å².